The molecule has 1 aliphatic carbocycles. The molecule has 1 N–H and O–H groups in total. The Morgan fingerprint density at radius 2 is 1.74 bits per heavy atom. The van der Waals surface area contributed by atoms with Crippen LogP contribution in [0.5, 0.6) is 0 Å². The predicted molar refractivity (Wildman–Crippen MR) is 70.3 cm³/mol. The topological polar surface area (TPSA) is 66.5 Å². The molecule has 1 saturated carbocycles. The average Bonchev–Trinajstić information content (AvgIpc) is 3.15. The number of nitrogens with one attached hydrogen (secondary N) is 1. The fourth-order valence-corrected chi connectivity index (χ4v) is 2.48. The Morgan fingerprint density at radius 3 is 2.32 bits per heavy atom. The first-order chi connectivity index (χ1) is 9.08. The Kier molecular flexibility index (Phi) is 2.89. The summed E-state index contributed by atoms with van der Waals surface area (Å²) in [5, 5.41) is 2.26. The molecule has 19 heavy (non-hydrogen) atoms. The summed E-state index contributed by atoms with van der Waals surface area (Å²) in [6.45, 7) is 0. The highest BCUT2D eigenvalue weighted by Gasteiger charge is 2.47. The molecular weight excluding hydrogens is 312 g/mol. The van der Waals surface area contributed by atoms with Gasteiger partial charge in [-0.2, -0.15) is 0 Å². The summed E-state index contributed by atoms with van der Waals surface area (Å²) in [4.78, 5) is 37.1. The van der Waals surface area contributed by atoms with Crippen LogP contribution in [0.1, 0.15) is 24.3 Å². The molecule has 1 aliphatic heterocycles. The molecule has 2 fully saturated rings. The number of barbiturate groups is 1. The van der Waals surface area contributed by atoms with Gasteiger partial charge in [-0.1, -0.05) is 28.1 Å². The van der Waals surface area contributed by atoms with Crippen LogP contribution in [0.15, 0.2) is 28.7 Å². The molecule has 0 radical (unpaired) electrons. The highest BCUT2D eigenvalue weighted by atomic mass is 79.9. The van der Waals surface area contributed by atoms with Gasteiger partial charge in [-0.05, 0) is 30.5 Å². The second-order valence-corrected chi connectivity index (χ2v) is 5.63. The molecule has 1 heterocycles. The van der Waals surface area contributed by atoms with Crippen LogP contribution in [-0.2, 0) is 9.59 Å². The van der Waals surface area contributed by atoms with Gasteiger partial charge >= 0.3 is 6.03 Å². The maximum Gasteiger partial charge on any atom is 0.331 e. The summed E-state index contributed by atoms with van der Waals surface area (Å²) in [6.07, 6.45) is 1.64. The van der Waals surface area contributed by atoms with E-state index in [0.29, 0.717) is 5.56 Å². The van der Waals surface area contributed by atoms with Crippen molar-refractivity contribution in [1.29, 1.82) is 0 Å². The molecule has 4 amide bonds. The molecule has 0 bridgehead atoms. The van der Waals surface area contributed by atoms with Crippen molar-refractivity contribution in [3.8, 4) is 0 Å². The van der Waals surface area contributed by atoms with E-state index in [2.05, 4.69) is 21.2 Å². The van der Waals surface area contributed by atoms with Gasteiger partial charge in [0.05, 0.1) is 0 Å². The SMILES string of the molecule is O=C1NC(=O)N(C2CC2)C(=O)C1c1ccc(Br)cc1. The fraction of sp³-hybridized carbons (Fsp3) is 0.308. The van der Waals surface area contributed by atoms with Crippen LogP contribution in [-0.4, -0.2) is 28.8 Å². The van der Waals surface area contributed by atoms with Gasteiger partial charge in [0.25, 0.3) is 0 Å². The third-order valence-electron chi connectivity index (χ3n) is 3.31. The Balaban J connectivity index is 1.94. The molecule has 1 aromatic carbocycles. The highest BCUT2D eigenvalue weighted by Crippen LogP contribution is 2.33. The minimum atomic E-state index is -0.925. The summed E-state index contributed by atoms with van der Waals surface area (Å²) < 4.78 is 0.870. The number of hydrogen-bond donors (Lipinski definition) is 1. The van der Waals surface area contributed by atoms with Crippen LogP contribution in [0.3, 0.4) is 0 Å². The van der Waals surface area contributed by atoms with Crippen molar-refractivity contribution in [1.82, 2.24) is 10.2 Å². The van der Waals surface area contributed by atoms with Crippen LogP contribution in [0.4, 0.5) is 4.79 Å². The van der Waals surface area contributed by atoms with Gasteiger partial charge in [0.15, 0.2) is 0 Å². The molecule has 1 saturated heterocycles. The third-order valence-corrected chi connectivity index (χ3v) is 3.84. The van der Waals surface area contributed by atoms with E-state index in [4.69, 9.17) is 0 Å². The first-order valence-corrected chi connectivity index (χ1v) is 6.80. The Morgan fingerprint density at radius 1 is 1.11 bits per heavy atom. The molecule has 6 heteroatoms. The van der Waals surface area contributed by atoms with Crippen LogP contribution < -0.4 is 5.32 Å². The third kappa shape index (κ3) is 2.16. The monoisotopic (exact) mass is 322 g/mol. The van der Waals surface area contributed by atoms with Crippen LogP contribution in [0.25, 0.3) is 0 Å². The second kappa shape index (κ2) is 4.45. The number of nitrogens with zero attached hydrogens (tertiary/aromatic N) is 1. The lowest BCUT2D eigenvalue weighted by molar-refractivity contribution is -0.139. The molecule has 98 valence electrons. The minimum absolute atomic E-state index is 0.0430. The van der Waals surface area contributed by atoms with E-state index in [9.17, 15) is 14.4 Å². The molecule has 0 aromatic heterocycles. The number of imide groups is 2. The molecule has 5 nitrogen and oxygen atoms in total. The molecule has 1 unspecified atom stereocenters. The zero-order chi connectivity index (χ0) is 13.6. The molecule has 3 rings (SSSR count). The zero-order valence-corrected chi connectivity index (χ0v) is 11.5. The summed E-state index contributed by atoms with van der Waals surface area (Å²) in [7, 11) is 0. The van der Waals surface area contributed by atoms with Crippen molar-refractivity contribution in [2.45, 2.75) is 24.8 Å². The Labute approximate surface area is 118 Å². The number of rotatable bonds is 2. The number of carbonyl (C=O) groups is 3. The van der Waals surface area contributed by atoms with Gasteiger partial charge in [0.1, 0.15) is 5.92 Å². The summed E-state index contributed by atoms with van der Waals surface area (Å²) in [6, 6.07) is 6.34. The summed E-state index contributed by atoms with van der Waals surface area (Å²) in [5.41, 5.74) is 0.601. The lowest BCUT2D eigenvalue weighted by Crippen LogP contribution is -2.57. The van der Waals surface area contributed by atoms with Crippen molar-refractivity contribution in [3.05, 3.63) is 34.3 Å². The minimum Gasteiger partial charge on any atom is -0.277 e. The van der Waals surface area contributed by atoms with Crippen molar-refractivity contribution in [2.75, 3.05) is 0 Å². The van der Waals surface area contributed by atoms with Crippen LogP contribution >= 0.6 is 15.9 Å². The first kappa shape index (κ1) is 12.3. The molecule has 0 spiro atoms. The van der Waals surface area contributed by atoms with Crippen molar-refractivity contribution in [3.63, 3.8) is 0 Å². The van der Waals surface area contributed by atoms with Crippen molar-refractivity contribution >= 4 is 33.8 Å². The van der Waals surface area contributed by atoms with E-state index in [-0.39, 0.29) is 6.04 Å². The molecular formula is C13H11BrN2O3. The standard InChI is InChI=1S/C13H11BrN2O3/c14-8-3-1-7(2-4-8)10-11(17)15-13(19)16(12(10)18)9-5-6-9/h1-4,9-10H,5-6H2,(H,15,17,19). The lowest BCUT2D eigenvalue weighted by atomic mass is 9.95. The first-order valence-electron chi connectivity index (χ1n) is 6.01. The number of halogens is 1. The van der Waals surface area contributed by atoms with E-state index < -0.39 is 23.8 Å². The summed E-state index contributed by atoms with van der Waals surface area (Å²) >= 11 is 3.30. The van der Waals surface area contributed by atoms with E-state index in [1.807, 2.05) is 0 Å². The summed E-state index contributed by atoms with van der Waals surface area (Å²) in [5.74, 6) is -1.89. The predicted octanol–water partition coefficient (Wildman–Crippen LogP) is 1.77. The van der Waals surface area contributed by atoms with Gasteiger partial charge in [0, 0.05) is 10.5 Å². The number of carbonyl (C=O) groups excluding carboxylic acids is 3. The van der Waals surface area contributed by atoms with Gasteiger partial charge in [-0.15, -0.1) is 0 Å². The van der Waals surface area contributed by atoms with Crippen LogP contribution in [0, 0.1) is 0 Å². The quantitative estimate of drug-likeness (QED) is 0.844. The lowest BCUT2D eigenvalue weighted by Gasteiger charge is -2.30. The molecule has 2 aliphatic rings. The average molecular weight is 323 g/mol. The maximum absolute atomic E-state index is 12.3. The van der Waals surface area contributed by atoms with Gasteiger partial charge in [-0.25, -0.2) is 4.79 Å². The van der Waals surface area contributed by atoms with Gasteiger partial charge < -0.3 is 0 Å². The molecule has 1 atom stereocenters. The Hall–Kier alpha value is -1.69. The largest absolute Gasteiger partial charge is 0.331 e. The van der Waals surface area contributed by atoms with Crippen molar-refractivity contribution < 1.29 is 14.4 Å². The second-order valence-electron chi connectivity index (χ2n) is 4.72. The number of hydrogen-bond acceptors (Lipinski definition) is 3. The fourth-order valence-electron chi connectivity index (χ4n) is 2.22. The van der Waals surface area contributed by atoms with Gasteiger partial charge in [0.2, 0.25) is 11.8 Å². The van der Waals surface area contributed by atoms with E-state index in [1.165, 1.54) is 4.90 Å². The molecule has 1 aromatic rings. The van der Waals surface area contributed by atoms with E-state index in [0.717, 1.165) is 17.3 Å². The van der Waals surface area contributed by atoms with Crippen LogP contribution in [0.2, 0.25) is 0 Å². The zero-order valence-electron chi connectivity index (χ0n) is 9.93. The smallest absolute Gasteiger partial charge is 0.277 e. The van der Waals surface area contributed by atoms with E-state index in [1.54, 1.807) is 24.3 Å². The number of benzene rings is 1. The highest BCUT2D eigenvalue weighted by molar-refractivity contribution is 9.10. The maximum atomic E-state index is 12.3. The number of amides is 4. The number of urea groups is 1. The van der Waals surface area contributed by atoms with Gasteiger partial charge in [-0.3, -0.25) is 19.8 Å². The Bertz CT molecular complexity index is 566. The normalized spacial score (nSPS) is 23.5. The van der Waals surface area contributed by atoms with E-state index >= 15 is 0 Å². The van der Waals surface area contributed by atoms with Crippen molar-refractivity contribution in [2.24, 2.45) is 0 Å².